The lowest BCUT2D eigenvalue weighted by Crippen LogP contribution is -2.45. The van der Waals surface area contributed by atoms with Crippen molar-refractivity contribution in [1.29, 1.82) is 0 Å². The van der Waals surface area contributed by atoms with Crippen LogP contribution in [0.2, 0.25) is 0 Å². The summed E-state index contributed by atoms with van der Waals surface area (Å²) in [6, 6.07) is 26.0. The van der Waals surface area contributed by atoms with Crippen LogP contribution in [0, 0.1) is 0 Å². The van der Waals surface area contributed by atoms with Crippen molar-refractivity contribution in [3.8, 4) is 0 Å². The minimum atomic E-state index is -0.510. The quantitative estimate of drug-likeness (QED) is 0.398. The van der Waals surface area contributed by atoms with Crippen LogP contribution in [0.1, 0.15) is 15.9 Å². The van der Waals surface area contributed by atoms with E-state index in [1.807, 2.05) is 66.2 Å². The van der Waals surface area contributed by atoms with Gasteiger partial charge in [-0.05, 0) is 35.9 Å². The van der Waals surface area contributed by atoms with Gasteiger partial charge in [0.1, 0.15) is 0 Å². The van der Waals surface area contributed by atoms with Crippen molar-refractivity contribution in [3.05, 3.63) is 96.2 Å². The second-order valence-corrected chi connectivity index (χ2v) is 9.09. The number of carbonyl (C=O) groups excluding carboxylic acids is 2. The van der Waals surface area contributed by atoms with Crippen molar-refractivity contribution >= 4 is 34.2 Å². The van der Waals surface area contributed by atoms with Crippen molar-refractivity contribution in [1.82, 2.24) is 9.47 Å². The molecule has 0 radical (unpaired) electrons. The molecule has 184 valence electrons. The first kappa shape index (κ1) is 23.6. The number of hydrogen-bond acceptors (Lipinski definition) is 5. The number of piperazine rings is 1. The summed E-state index contributed by atoms with van der Waals surface area (Å²) < 4.78 is 7.15. The number of hydrogen-bond donors (Lipinski definition) is 1. The fourth-order valence-corrected chi connectivity index (χ4v) is 4.67. The molecular formula is C29H30N4O3. The minimum absolute atomic E-state index is 0.340. The van der Waals surface area contributed by atoms with E-state index in [-0.39, 0.29) is 12.5 Å². The van der Waals surface area contributed by atoms with Gasteiger partial charge in [0.2, 0.25) is 0 Å². The van der Waals surface area contributed by atoms with Gasteiger partial charge in [-0.1, -0.05) is 48.5 Å². The van der Waals surface area contributed by atoms with E-state index in [1.165, 1.54) is 5.56 Å². The Morgan fingerprint density at radius 3 is 2.31 bits per heavy atom. The largest absolute Gasteiger partial charge is 0.452 e. The number of nitrogens with zero attached hydrogens (tertiary/aromatic N) is 3. The van der Waals surface area contributed by atoms with Crippen molar-refractivity contribution in [2.45, 2.75) is 6.54 Å². The smallest absolute Gasteiger partial charge is 0.340 e. The fraction of sp³-hybridized carbons (Fsp3) is 0.241. The molecule has 1 N–H and O–H groups in total. The van der Waals surface area contributed by atoms with Crippen molar-refractivity contribution < 1.29 is 14.3 Å². The summed E-state index contributed by atoms with van der Waals surface area (Å²) in [4.78, 5) is 29.8. The molecule has 2 heterocycles. The van der Waals surface area contributed by atoms with Crippen LogP contribution in [0.25, 0.3) is 10.9 Å². The highest BCUT2D eigenvalue weighted by atomic mass is 16.5. The lowest BCUT2D eigenvalue weighted by atomic mass is 10.2. The zero-order valence-corrected chi connectivity index (χ0v) is 20.4. The number of ether oxygens (including phenoxy) is 1. The standard InChI is InChI=1S/C29H30N4O3/c1-31-20-26(25-9-5-6-10-27(25)31)29(35)36-21-28(34)30-23-11-13-24(14-12-23)33-17-15-32(16-18-33)19-22-7-3-2-4-8-22/h2-14,20H,15-19,21H2,1H3,(H,30,34). The number of aromatic nitrogens is 1. The maximum Gasteiger partial charge on any atom is 0.340 e. The summed E-state index contributed by atoms with van der Waals surface area (Å²) in [5, 5.41) is 3.61. The van der Waals surface area contributed by atoms with Crippen molar-refractivity contribution in [3.63, 3.8) is 0 Å². The molecule has 0 atom stereocenters. The average molecular weight is 483 g/mol. The van der Waals surface area contributed by atoms with Crippen LogP contribution in [0.4, 0.5) is 11.4 Å². The molecule has 0 saturated carbocycles. The number of anilines is 2. The molecule has 1 aliphatic rings. The highest BCUT2D eigenvalue weighted by Gasteiger charge is 2.18. The predicted molar refractivity (Wildman–Crippen MR) is 142 cm³/mol. The van der Waals surface area contributed by atoms with Gasteiger partial charge in [-0.15, -0.1) is 0 Å². The van der Waals surface area contributed by atoms with Gasteiger partial charge >= 0.3 is 5.97 Å². The maximum absolute atomic E-state index is 12.5. The van der Waals surface area contributed by atoms with Gasteiger partial charge < -0.3 is 19.5 Å². The molecule has 0 unspecified atom stereocenters. The number of fused-ring (bicyclic) bond motifs is 1. The third-order valence-electron chi connectivity index (χ3n) is 6.59. The first-order valence-electron chi connectivity index (χ1n) is 12.2. The Bertz CT molecular complexity index is 1340. The van der Waals surface area contributed by atoms with Crippen LogP contribution in [0.3, 0.4) is 0 Å². The average Bonchev–Trinajstić information content (AvgIpc) is 3.25. The van der Waals surface area contributed by atoms with Crippen LogP contribution in [0.5, 0.6) is 0 Å². The Morgan fingerprint density at radius 2 is 1.56 bits per heavy atom. The number of aryl methyl sites for hydroxylation is 1. The van der Waals surface area contributed by atoms with Crippen LogP contribution in [0.15, 0.2) is 85.1 Å². The molecule has 1 amide bonds. The molecule has 3 aromatic carbocycles. The Kier molecular flexibility index (Phi) is 7.00. The molecular weight excluding hydrogens is 452 g/mol. The molecule has 5 rings (SSSR count). The van der Waals surface area contributed by atoms with Crippen LogP contribution in [-0.4, -0.2) is 54.1 Å². The molecule has 0 aliphatic carbocycles. The molecule has 0 bridgehead atoms. The molecule has 7 nitrogen and oxygen atoms in total. The lowest BCUT2D eigenvalue weighted by Gasteiger charge is -2.36. The van der Waals surface area contributed by atoms with Crippen LogP contribution >= 0.6 is 0 Å². The maximum atomic E-state index is 12.5. The number of amides is 1. The third kappa shape index (κ3) is 5.42. The van der Waals surface area contributed by atoms with Gasteiger partial charge in [-0.25, -0.2) is 4.79 Å². The fourth-order valence-electron chi connectivity index (χ4n) is 4.67. The summed E-state index contributed by atoms with van der Waals surface area (Å²) in [6.07, 6.45) is 1.73. The minimum Gasteiger partial charge on any atom is -0.452 e. The summed E-state index contributed by atoms with van der Waals surface area (Å²) in [5.41, 5.74) is 4.54. The summed E-state index contributed by atoms with van der Waals surface area (Å²) in [7, 11) is 1.88. The van der Waals surface area contributed by atoms with E-state index in [0.29, 0.717) is 11.3 Å². The number of carbonyl (C=O) groups is 2. The molecule has 1 saturated heterocycles. The van der Waals surface area contributed by atoms with Gasteiger partial charge in [-0.2, -0.15) is 0 Å². The van der Waals surface area contributed by atoms with Gasteiger partial charge in [0.05, 0.1) is 5.56 Å². The van der Waals surface area contributed by atoms with E-state index in [4.69, 9.17) is 4.74 Å². The number of rotatable bonds is 7. The van der Waals surface area contributed by atoms with Crippen LogP contribution < -0.4 is 10.2 Å². The Labute approximate surface area is 210 Å². The van der Waals surface area contributed by atoms with Crippen molar-refractivity contribution in [2.75, 3.05) is 43.0 Å². The second-order valence-electron chi connectivity index (χ2n) is 9.09. The van der Waals surface area contributed by atoms with E-state index in [2.05, 4.69) is 39.4 Å². The number of para-hydroxylation sites is 1. The molecule has 1 fully saturated rings. The molecule has 1 aromatic heterocycles. The van der Waals surface area contributed by atoms with Gasteiger partial charge in [0, 0.05) is 68.2 Å². The van der Waals surface area contributed by atoms with Gasteiger partial charge in [0.25, 0.3) is 5.91 Å². The number of esters is 1. The summed E-state index contributed by atoms with van der Waals surface area (Å²) in [5.74, 6) is -0.880. The van der Waals surface area contributed by atoms with Crippen molar-refractivity contribution in [2.24, 2.45) is 7.05 Å². The van der Waals surface area contributed by atoms with E-state index in [1.54, 1.807) is 6.20 Å². The summed E-state index contributed by atoms with van der Waals surface area (Å²) >= 11 is 0. The van der Waals surface area contributed by atoms with Crippen LogP contribution in [-0.2, 0) is 23.1 Å². The predicted octanol–water partition coefficient (Wildman–Crippen LogP) is 4.30. The normalized spacial score (nSPS) is 14.1. The zero-order chi connectivity index (χ0) is 24.9. The topological polar surface area (TPSA) is 66.8 Å². The third-order valence-corrected chi connectivity index (χ3v) is 6.59. The molecule has 1 aliphatic heterocycles. The van der Waals surface area contributed by atoms with E-state index >= 15 is 0 Å². The van der Waals surface area contributed by atoms with Gasteiger partial charge in [0.15, 0.2) is 6.61 Å². The monoisotopic (exact) mass is 482 g/mol. The molecule has 0 spiro atoms. The number of benzene rings is 3. The van der Waals surface area contributed by atoms with E-state index in [0.717, 1.165) is 49.3 Å². The first-order chi connectivity index (χ1) is 17.6. The lowest BCUT2D eigenvalue weighted by molar-refractivity contribution is -0.119. The highest BCUT2D eigenvalue weighted by Crippen LogP contribution is 2.22. The number of nitrogens with one attached hydrogen (secondary N) is 1. The second kappa shape index (κ2) is 10.7. The molecule has 36 heavy (non-hydrogen) atoms. The van der Waals surface area contributed by atoms with E-state index < -0.39 is 5.97 Å². The molecule has 7 heteroatoms. The Balaban J connectivity index is 1.10. The van der Waals surface area contributed by atoms with Gasteiger partial charge in [-0.3, -0.25) is 9.69 Å². The van der Waals surface area contributed by atoms with E-state index in [9.17, 15) is 9.59 Å². The Morgan fingerprint density at radius 1 is 0.861 bits per heavy atom. The highest BCUT2D eigenvalue weighted by molar-refractivity contribution is 6.05. The first-order valence-corrected chi connectivity index (χ1v) is 12.2. The molecule has 4 aromatic rings. The SMILES string of the molecule is Cn1cc(C(=O)OCC(=O)Nc2ccc(N3CCN(Cc4ccccc4)CC3)cc2)c2ccccc21. The zero-order valence-electron chi connectivity index (χ0n) is 20.4. The Hall–Kier alpha value is -4.10. The summed E-state index contributed by atoms with van der Waals surface area (Å²) in [6.45, 7) is 4.58.